The number of halogens is 2. The van der Waals surface area contributed by atoms with Crippen molar-refractivity contribution >= 4 is 30.7 Å². The molecule has 2 rings (SSSR count). The van der Waals surface area contributed by atoms with Crippen molar-refractivity contribution in [1.82, 2.24) is 25.4 Å². The van der Waals surface area contributed by atoms with Gasteiger partial charge >= 0.3 is 0 Å². The Balaban J connectivity index is 0.00000200. The van der Waals surface area contributed by atoms with E-state index in [-0.39, 0.29) is 30.7 Å². The number of rotatable bonds is 6. The van der Waals surface area contributed by atoms with Crippen LogP contribution in [0.25, 0.3) is 0 Å². The Kier molecular flexibility index (Phi) is 9.57. The Morgan fingerprint density at radius 2 is 2.29 bits per heavy atom. The van der Waals surface area contributed by atoms with Crippen molar-refractivity contribution in [3.05, 3.63) is 12.2 Å². The lowest BCUT2D eigenvalue weighted by molar-refractivity contribution is -0.121. The minimum absolute atomic E-state index is 0. The third-order valence-electron chi connectivity index (χ3n) is 3.43. The molecule has 0 radical (unpaired) electrons. The minimum Gasteiger partial charge on any atom is -0.354 e. The molecule has 1 aromatic rings. The summed E-state index contributed by atoms with van der Waals surface area (Å²) in [5.74, 6) is 1.44. The van der Waals surface area contributed by atoms with Gasteiger partial charge in [0.1, 0.15) is 12.2 Å². The molecular formula is C13H25Cl2N5O. The van der Waals surface area contributed by atoms with Crippen molar-refractivity contribution in [3.8, 4) is 0 Å². The van der Waals surface area contributed by atoms with E-state index >= 15 is 0 Å². The average molecular weight is 338 g/mol. The second-order valence-electron chi connectivity index (χ2n) is 5.38. The Morgan fingerprint density at radius 1 is 1.52 bits per heavy atom. The first-order valence-electron chi connectivity index (χ1n) is 7.04. The molecule has 1 amide bonds. The van der Waals surface area contributed by atoms with E-state index in [0.29, 0.717) is 24.9 Å². The molecule has 6 nitrogen and oxygen atoms in total. The second-order valence-corrected chi connectivity index (χ2v) is 5.38. The van der Waals surface area contributed by atoms with E-state index in [4.69, 9.17) is 0 Å². The summed E-state index contributed by atoms with van der Waals surface area (Å²) in [6.07, 6.45) is 4.59. The highest BCUT2D eigenvalue weighted by Gasteiger charge is 2.17. The molecule has 1 aliphatic heterocycles. The molecule has 0 aromatic carbocycles. The zero-order valence-electron chi connectivity index (χ0n) is 12.5. The van der Waals surface area contributed by atoms with Gasteiger partial charge in [-0.15, -0.1) is 35.0 Å². The largest absolute Gasteiger partial charge is 0.354 e. The molecule has 2 N–H and O–H groups in total. The number of carbonyl (C=O) groups is 1. The van der Waals surface area contributed by atoms with Gasteiger partial charge in [0, 0.05) is 31.5 Å². The van der Waals surface area contributed by atoms with E-state index in [9.17, 15) is 4.79 Å². The van der Waals surface area contributed by atoms with Gasteiger partial charge in [-0.3, -0.25) is 4.79 Å². The van der Waals surface area contributed by atoms with Gasteiger partial charge in [-0.05, 0) is 19.4 Å². The monoisotopic (exact) mass is 337 g/mol. The Hall–Kier alpha value is -0.850. The van der Waals surface area contributed by atoms with E-state index < -0.39 is 0 Å². The van der Waals surface area contributed by atoms with Gasteiger partial charge in [-0.1, -0.05) is 13.8 Å². The summed E-state index contributed by atoms with van der Waals surface area (Å²) in [6, 6.07) is 0.362. The molecular weight excluding hydrogens is 313 g/mol. The lowest BCUT2D eigenvalue weighted by Crippen LogP contribution is -2.33. The normalized spacial score (nSPS) is 17.2. The fourth-order valence-corrected chi connectivity index (χ4v) is 2.43. The quantitative estimate of drug-likeness (QED) is 0.825. The number of nitrogens with one attached hydrogen (secondary N) is 2. The van der Waals surface area contributed by atoms with Crippen LogP contribution in [-0.2, 0) is 11.3 Å². The highest BCUT2D eigenvalue weighted by molar-refractivity contribution is 5.85. The minimum atomic E-state index is 0. The van der Waals surface area contributed by atoms with Crippen LogP contribution in [-0.4, -0.2) is 39.8 Å². The van der Waals surface area contributed by atoms with Crippen LogP contribution in [0, 0.1) is 0 Å². The van der Waals surface area contributed by atoms with Crippen LogP contribution in [0.1, 0.15) is 44.9 Å². The van der Waals surface area contributed by atoms with Gasteiger partial charge in [0.25, 0.3) is 0 Å². The summed E-state index contributed by atoms with van der Waals surface area (Å²) in [6.45, 7) is 6.57. The first kappa shape index (κ1) is 20.1. The van der Waals surface area contributed by atoms with Crippen LogP contribution in [0.4, 0.5) is 0 Å². The molecule has 0 spiro atoms. The molecule has 1 atom stereocenters. The molecule has 1 aliphatic rings. The number of amides is 1. The maximum atomic E-state index is 11.8. The van der Waals surface area contributed by atoms with Gasteiger partial charge in [-0.2, -0.15) is 0 Å². The number of nitrogens with zero attached hydrogens (tertiary/aromatic N) is 3. The molecule has 1 unspecified atom stereocenters. The first-order valence-corrected chi connectivity index (χ1v) is 7.04. The predicted octanol–water partition coefficient (Wildman–Crippen LogP) is 1.50. The second kappa shape index (κ2) is 9.97. The van der Waals surface area contributed by atoms with Gasteiger partial charge in [0.2, 0.25) is 5.91 Å². The molecule has 122 valence electrons. The number of aromatic nitrogens is 3. The topological polar surface area (TPSA) is 71.8 Å². The summed E-state index contributed by atoms with van der Waals surface area (Å²) in [5.41, 5.74) is 0. The predicted molar refractivity (Wildman–Crippen MR) is 87.3 cm³/mol. The van der Waals surface area contributed by atoms with E-state index in [1.54, 1.807) is 6.33 Å². The summed E-state index contributed by atoms with van der Waals surface area (Å²) >= 11 is 0. The van der Waals surface area contributed by atoms with Crippen molar-refractivity contribution in [1.29, 1.82) is 0 Å². The molecule has 0 bridgehead atoms. The van der Waals surface area contributed by atoms with Crippen LogP contribution in [0.5, 0.6) is 0 Å². The van der Waals surface area contributed by atoms with Crippen molar-refractivity contribution < 1.29 is 4.79 Å². The number of hydrogen-bond donors (Lipinski definition) is 2. The molecule has 1 fully saturated rings. The van der Waals surface area contributed by atoms with Crippen LogP contribution >= 0.6 is 24.8 Å². The van der Waals surface area contributed by atoms with E-state index in [0.717, 1.165) is 25.3 Å². The standard InChI is InChI=1S/C13H23N5O.2ClH/c1-10(2)13-17-16-9-18(13)7-6-15-12(19)8-11-4-3-5-14-11;;/h9-11,14H,3-8H2,1-2H3,(H,15,19);2*1H. The molecule has 1 saturated heterocycles. The molecule has 2 heterocycles. The van der Waals surface area contributed by atoms with Crippen molar-refractivity contribution in [2.24, 2.45) is 0 Å². The van der Waals surface area contributed by atoms with Gasteiger partial charge < -0.3 is 15.2 Å². The smallest absolute Gasteiger partial charge is 0.221 e. The highest BCUT2D eigenvalue weighted by atomic mass is 35.5. The first-order chi connectivity index (χ1) is 9.16. The van der Waals surface area contributed by atoms with Crippen molar-refractivity contribution in [3.63, 3.8) is 0 Å². The third-order valence-corrected chi connectivity index (χ3v) is 3.43. The third kappa shape index (κ3) is 6.20. The highest BCUT2D eigenvalue weighted by Crippen LogP contribution is 2.10. The average Bonchev–Trinajstić information content (AvgIpc) is 2.99. The van der Waals surface area contributed by atoms with Gasteiger partial charge in [0.05, 0.1) is 0 Å². The fourth-order valence-electron chi connectivity index (χ4n) is 2.43. The van der Waals surface area contributed by atoms with Crippen LogP contribution in [0.15, 0.2) is 6.33 Å². The molecule has 8 heteroatoms. The van der Waals surface area contributed by atoms with Crippen LogP contribution in [0.3, 0.4) is 0 Å². The zero-order chi connectivity index (χ0) is 13.7. The summed E-state index contributed by atoms with van der Waals surface area (Å²) in [7, 11) is 0. The Labute approximate surface area is 138 Å². The summed E-state index contributed by atoms with van der Waals surface area (Å²) in [4.78, 5) is 11.8. The molecule has 1 aromatic heterocycles. The zero-order valence-corrected chi connectivity index (χ0v) is 14.2. The summed E-state index contributed by atoms with van der Waals surface area (Å²) in [5, 5.41) is 14.3. The number of hydrogen-bond acceptors (Lipinski definition) is 4. The molecule has 21 heavy (non-hydrogen) atoms. The number of carbonyl (C=O) groups excluding carboxylic acids is 1. The molecule has 0 aliphatic carbocycles. The molecule has 0 saturated carbocycles. The lowest BCUT2D eigenvalue weighted by Gasteiger charge is -2.12. The van der Waals surface area contributed by atoms with Gasteiger partial charge in [-0.25, -0.2) is 0 Å². The summed E-state index contributed by atoms with van der Waals surface area (Å²) < 4.78 is 2.00. The van der Waals surface area contributed by atoms with Crippen molar-refractivity contribution in [2.45, 2.75) is 51.6 Å². The maximum Gasteiger partial charge on any atom is 0.221 e. The maximum absolute atomic E-state index is 11.8. The van der Waals surface area contributed by atoms with Crippen molar-refractivity contribution in [2.75, 3.05) is 13.1 Å². The Bertz CT molecular complexity index is 418. The Morgan fingerprint density at radius 3 is 2.90 bits per heavy atom. The fraction of sp³-hybridized carbons (Fsp3) is 0.769. The van der Waals surface area contributed by atoms with Crippen LogP contribution < -0.4 is 10.6 Å². The van der Waals surface area contributed by atoms with Crippen LogP contribution in [0.2, 0.25) is 0 Å². The van der Waals surface area contributed by atoms with E-state index in [2.05, 4.69) is 34.7 Å². The lowest BCUT2D eigenvalue weighted by atomic mass is 10.1. The van der Waals surface area contributed by atoms with Gasteiger partial charge in [0.15, 0.2) is 0 Å². The van der Waals surface area contributed by atoms with E-state index in [1.807, 2.05) is 4.57 Å². The SMILES string of the molecule is CC(C)c1nncn1CCNC(=O)CC1CCCN1.Cl.Cl. The van der Waals surface area contributed by atoms with E-state index in [1.165, 1.54) is 6.42 Å².